The Balaban J connectivity index is 1.52. The number of carbonyl (C=O) groups excluding carboxylic acids is 1. The van der Waals surface area contributed by atoms with Crippen LogP contribution in [0.15, 0.2) is 35.5 Å². The summed E-state index contributed by atoms with van der Waals surface area (Å²) in [6.45, 7) is 2.64. The molecule has 1 unspecified atom stereocenters. The van der Waals surface area contributed by atoms with E-state index in [0.717, 1.165) is 28.7 Å². The van der Waals surface area contributed by atoms with Gasteiger partial charge in [0.2, 0.25) is 5.91 Å². The van der Waals surface area contributed by atoms with E-state index in [1.54, 1.807) is 16.2 Å². The molecule has 3 aromatic rings. The van der Waals surface area contributed by atoms with Gasteiger partial charge in [-0.2, -0.15) is 5.26 Å². The van der Waals surface area contributed by atoms with Gasteiger partial charge in [-0.1, -0.05) is 36.9 Å². The van der Waals surface area contributed by atoms with Gasteiger partial charge in [-0.25, -0.2) is 9.97 Å². The van der Waals surface area contributed by atoms with Gasteiger partial charge >= 0.3 is 0 Å². The number of amides is 1. The first-order chi connectivity index (χ1) is 14.6. The number of carbonyl (C=O) groups is 1. The zero-order chi connectivity index (χ0) is 21.1. The minimum absolute atomic E-state index is 0.0805. The van der Waals surface area contributed by atoms with E-state index >= 15 is 0 Å². The van der Waals surface area contributed by atoms with Crippen LogP contribution in [0.5, 0.6) is 0 Å². The molecule has 1 atom stereocenters. The molecule has 1 aliphatic rings. The van der Waals surface area contributed by atoms with E-state index in [0.29, 0.717) is 23.4 Å². The molecule has 0 spiro atoms. The summed E-state index contributed by atoms with van der Waals surface area (Å²) < 4.78 is 0. The molecule has 0 saturated heterocycles. The van der Waals surface area contributed by atoms with Gasteiger partial charge in [-0.3, -0.25) is 4.79 Å². The van der Waals surface area contributed by atoms with Crippen LogP contribution in [0.3, 0.4) is 0 Å². The van der Waals surface area contributed by atoms with Crippen LogP contribution in [0.1, 0.15) is 30.2 Å². The van der Waals surface area contributed by atoms with Crippen molar-refractivity contribution in [2.45, 2.75) is 37.8 Å². The number of hydrogen-bond donors (Lipinski definition) is 1. The Morgan fingerprint density at radius 1 is 1.37 bits per heavy atom. The standard InChI is InChI=1S/C22H23N5OS2/c1-14-8-9-16-17(12-14)30-21-19(16)20(24)25-22(26-21)29-13-18(28)27(11-5-10-23)15-6-3-2-4-7-15/h2-4,6-7,14H,5,8-9,11-13H2,1H3,(H2,24,25,26). The fourth-order valence-electron chi connectivity index (χ4n) is 3.79. The lowest BCUT2D eigenvalue weighted by Gasteiger charge is -2.21. The van der Waals surface area contributed by atoms with Crippen molar-refractivity contribution >= 4 is 50.7 Å². The zero-order valence-corrected chi connectivity index (χ0v) is 18.4. The van der Waals surface area contributed by atoms with Crippen LogP contribution in [0, 0.1) is 17.2 Å². The number of anilines is 2. The van der Waals surface area contributed by atoms with Crippen molar-refractivity contribution in [1.82, 2.24) is 9.97 Å². The molecular formula is C22H23N5OS2. The van der Waals surface area contributed by atoms with Crippen molar-refractivity contribution in [1.29, 1.82) is 5.26 Å². The maximum atomic E-state index is 12.9. The topological polar surface area (TPSA) is 95.9 Å². The fourth-order valence-corrected chi connectivity index (χ4v) is 5.96. The number of aryl methyl sites for hydroxylation is 1. The quantitative estimate of drug-likeness (QED) is 0.452. The van der Waals surface area contributed by atoms with Crippen molar-refractivity contribution in [3.63, 3.8) is 0 Å². The van der Waals surface area contributed by atoms with Crippen LogP contribution in [0.25, 0.3) is 10.2 Å². The van der Waals surface area contributed by atoms with Crippen LogP contribution in [0.4, 0.5) is 11.5 Å². The molecule has 0 radical (unpaired) electrons. The Labute approximate surface area is 184 Å². The smallest absolute Gasteiger partial charge is 0.237 e. The van der Waals surface area contributed by atoms with E-state index in [1.165, 1.54) is 28.6 Å². The molecule has 4 rings (SSSR count). The third-order valence-corrected chi connectivity index (χ3v) is 7.28. The normalized spacial score (nSPS) is 15.5. The van der Waals surface area contributed by atoms with Crippen LogP contribution in [0.2, 0.25) is 0 Å². The lowest BCUT2D eigenvalue weighted by molar-refractivity contribution is -0.116. The van der Waals surface area contributed by atoms with E-state index in [9.17, 15) is 4.79 Å². The van der Waals surface area contributed by atoms with Crippen molar-refractivity contribution in [3.05, 3.63) is 40.8 Å². The highest BCUT2D eigenvalue weighted by molar-refractivity contribution is 7.99. The van der Waals surface area contributed by atoms with Gasteiger partial charge in [-0.05, 0) is 42.9 Å². The fraction of sp³-hybridized carbons (Fsp3) is 0.364. The number of aromatic nitrogens is 2. The second-order valence-electron chi connectivity index (χ2n) is 7.50. The Kier molecular flexibility index (Phi) is 6.21. The SMILES string of the molecule is CC1CCc2c(sc3nc(SCC(=O)N(CCC#N)c4ccccc4)nc(N)c23)C1. The monoisotopic (exact) mass is 437 g/mol. The molecule has 2 N–H and O–H groups in total. The highest BCUT2D eigenvalue weighted by Crippen LogP contribution is 2.40. The summed E-state index contributed by atoms with van der Waals surface area (Å²) in [5.74, 6) is 1.30. The van der Waals surface area contributed by atoms with Crippen molar-refractivity contribution in [2.24, 2.45) is 5.92 Å². The molecule has 1 amide bonds. The maximum Gasteiger partial charge on any atom is 0.237 e. The highest BCUT2D eigenvalue weighted by atomic mass is 32.2. The average Bonchev–Trinajstić information content (AvgIpc) is 3.11. The molecule has 0 saturated carbocycles. The summed E-state index contributed by atoms with van der Waals surface area (Å²) in [6, 6.07) is 11.5. The average molecular weight is 438 g/mol. The van der Waals surface area contributed by atoms with Crippen molar-refractivity contribution in [3.8, 4) is 6.07 Å². The lowest BCUT2D eigenvalue weighted by Crippen LogP contribution is -2.33. The number of fused-ring (bicyclic) bond motifs is 3. The third-order valence-electron chi connectivity index (χ3n) is 5.30. The molecule has 2 aromatic heterocycles. The number of nitriles is 1. The first-order valence-corrected chi connectivity index (χ1v) is 11.8. The van der Waals surface area contributed by atoms with Gasteiger partial charge in [0.15, 0.2) is 5.16 Å². The van der Waals surface area contributed by atoms with E-state index in [4.69, 9.17) is 16.0 Å². The number of benzene rings is 1. The van der Waals surface area contributed by atoms with Gasteiger partial charge in [-0.15, -0.1) is 11.3 Å². The number of nitrogens with two attached hydrogens (primary N) is 1. The molecular weight excluding hydrogens is 414 g/mol. The number of hydrogen-bond acceptors (Lipinski definition) is 7. The summed E-state index contributed by atoms with van der Waals surface area (Å²) in [6.07, 6.45) is 3.54. The molecule has 2 heterocycles. The van der Waals surface area contributed by atoms with E-state index < -0.39 is 0 Å². The van der Waals surface area contributed by atoms with Gasteiger partial charge < -0.3 is 10.6 Å². The highest BCUT2D eigenvalue weighted by Gasteiger charge is 2.24. The Bertz CT molecular complexity index is 1110. The largest absolute Gasteiger partial charge is 0.383 e. The molecule has 1 aromatic carbocycles. The lowest BCUT2D eigenvalue weighted by atomic mass is 9.89. The number of rotatable bonds is 6. The number of nitrogen functional groups attached to an aromatic ring is 1. The predicted molar refractivity (Wildman–Crippen MR) is 123 cm³/mol. The summed E-state index contributed by atoms with van der Waals surface area (Å²) in [5.41, 5.74) is 8.39. The Morgan fingerprint density at radius 3 is 2.93 bits per heavy atom. The van der Waals surface area contributed by atoms with Crippen molar-refractivity contribution < 1.29 is 4.79 Å². The molecule has 30 heavy (non-hydrogen) atoms. The summed E-state index contributed by atoms with van der Waals surface area (Å²) in [7, 11) is 0. The molecule has 154 valence electrons. The van der Waals surface area contributed by atoms with Crippen molar-refractivity contribution in [2.75, 3.05) is 22.9 Å². The molecule has 0 aliphatic heterocycles. The number of thiophene rings is 1. The Morgan fingerprint density at radius 2 is 2.17 bits per heavy atom. The molecule has 1 aliphatic carbocycles. The van der Waals surface area contributed by atoms with Crippen LogP contribution < -0.4 is 10.6 Å². The minimum atomic E-state index is -0.0805. The first kappa shape index (κ1) is 20.6. The molecule has 0 bridgehead atoms. The van der Waals surface area contributed by atoms with E-state index in [2.05, 4.69) is 18.0 Å². The zero-order valence-electron chi connectivity index (χ0n) is 16.8. The first-order valence-electron chi connectivity index (χ1n) is 9.99. The van der Waals surface area contributed by atoms with Gasteiger partial charge in [0.05, 0.1) is 23.6 Å². The second kappa shape index (κ2) is 9.02. The minimum Gasteiger partial charge on any atom is -0.383 e. The van der Waals surface area contributed by atoms with Gasteiger partial charge in [0.1, 0.15) is 10.6 Å². The summed E-state index contributed by atoms with van der Waals surface area (Å²) >= 11 is 3.00. The molecule has 8 heteroatoms. The predicted octanol–water partition coefficient (Wildman–Crippen LogP) is 4.44. The Hall–Kier alpha value is -2.63. The van der Waals surface area contributed by atoms with Gasteiger partial charge in [0, 0.05) is 17.1 Å². The number of thioether (sulfide) groups is 1. The van der Waals surface area contributed by atoms with Crippen LogP contribution in [-0.4, -0.2) is 28.2 Å². The van der Waals surface area contributed by atoms with E-state index in [-0.39, 0.29) is 18.1 Å². The second-order valence-corrected chi connectivity index (χ2v) is 9.53. The van der Waals surface area contributed by atoms with Gasteiger partial charge in [0.25, 0.3) is 0 Å². The van der Waals surface area contributed by atoms with Crippen LogP contribution in [-0.2, 0) is 17.6 Å². The summed E-state index contributed by atoms with van der Waals surface area (Å²) in [4.78, 5) is 26.0. The number of para-hydroxylation sites is 1. The number of nitrogens with zero attached hydrogens (tertiary/aromatic N) is 4. The van der Waals surface area contributed by atoms with Crippen LogP contribution >= 0.6 is 23.1 Å². The molecule has 0 fully saturated rings. The van der Waals surface area contributed by atoms with E-state index in [1.807, 2.05) is 30.3 Å². The molecule has 6 nitrogen and oxygen atoms in total. The third kappa shape index (κ3) is 4.27. The summed E-state index contributed by atoms with van der Waals surface area (Å²) in [5, 5.41) is 10.5. The maximum absolute atomic E-state index is 12.9.